The van der Waals surface area contributed by atoms with Crippen LogP contribution in [0, 0.1) is 0 Å². The van der Waals surface area contributed by atoms with Crippen molar-refractivity contribution in [2.24, 2.45) is 0 Å². The van der Waals surface area contributed by atoms with E-state index in [1.54, 1.807) is 6.92 Å². The molecule has 1 fully saturated rings. The van der Waals surface area contributed by atoms with E-state index >= 15 is 0 Å². The molecule has 0 aliphatic heterocycles. The molecule has 0 heterocycles. The van der Waals surface area contributed by atoms with Gasteiger partial charge in [0.1, 0.15) is 5.75 Å². The third kappa shape index (κ3) is 4.54. The fourth-order valence-electron chi connectivity index (χ4n) is 2.85. The van der Waals surface area contributed by atoms with Crippen molar-refractivity contribution in [3.8, 4) is 5.75 Å². The molecule has 1 saturated carbocycles. The number of carbonyl (C=O) groups is 1. The zero-order valence-electron chi connectivity index (χ0n) is 13.9. The Kier molecular flexibility index (Phi) is 5.81. The van der Waals surface area contributed by atoms with Crippen LogP contribution in [0.1, 0.15) is 32.6 Å². The molecule has 0 bridgehead atoms. The van der Waals surface area contributed by atoms with Crippen molar-refractivity contribution >= 4 is 23.4 Å². The normalized spacial score (nSPS) is 15.9. The monoisotopic (exact) mass is 341 g/mol. The van der Waals surface area contributed by atoms with Gasteiger partial charge in [0.25, 0.3) is 5.91 Å². The molecule has 0 aromatic heterocycles. The Hall–Kier alpha value is -1.94. The lowest BCUT2D eigenvalue weighted by Gasteiger charge is -2.17. The van der Waals surface area contributed by atoms with Crippen molar-refractivity contribution in [1.29, 1.82) is 0 Å². The fraction of sp³-hybridized carbons (Fsp3) is 0.350. The number of hydrogen-bond donors (Lipinski definition) is 1. The van der Waals surface area contributed by atoms with Gasteiger partial charge in [-0.1, -0.05) is 43.2 Å². The molecular formula is C20H23NO2S. The molecule has 2 aromatic rings. The zero-order valence-corrected chi connectivity index (χ0v) is 14.7. The van der Waals surface area contributed by atoms with Gasteiger partial charge in [0.15, 0.2) is 6.10 Å². The highest BCUT2D eigenvalue weighted by atomic mass is 32.2. The Bertz CT molecular complexity index is 668. The van der Waals surface area contributed by atoms with Gasteiger partial charge in [-0.3, -0.25) is 4.79 Å². The summed E-state index contributed by atoms with van der Waals surface area (Å²) < 4.78 is 5.70. The van der Waals surface area contributed by atoms with Crippen molar-refractivity contribution in [1.82, 2.24) is 0 Å². The molecule has 1 aliphatic carbocycles. The van der Waals surface area contributed by atoms with E-state index in [0.29, 0.717) is 11.0 Å². The van der Waals surface area contributed by atoms with Gasteiger partial charge in [0, 0.05) is 10.1 Å². The van der Waals surface area contributed by atoms with Gasteiger partial charge in [-0.2, -0.15) is 0 Å². The first-order chi connectivity index (χ1) is 11.7. The highest BCUT2D eigenvalue weighted by Gasteiger charge is 2.20. The lowest BCUT2D eigenvalue weighted by atomic mass is 10.3. The standard InChI is InChI=1S/C20H23NO2S/c1-15(23-16-9-3-2-4-10-16)20(22)21-18-13-7-8-14-19(18)24-17-11-5-6-12-17/h2-4,7-10,13-15,17H,5-6,11-12H2,1H3,(H,21,22). The molecule has 3 rings (SSSR count). The Morgan fingerprint density at radius 1 is 1.08 bits per heavy atom. The maximum absolute atomic E-state index is 12.5. The van der Waals surface area contributed by atoms with Gasteiger partial charge in [0.05, 0.1) is 5.69 Å². The molecule has 1 aliphatic rings. The van der Waals surface area contributed by atoms with E-state index in [-0.39, 0.29) is 5.91 Å². The minimum atomic E-state index is -0.545. The molecular weight excluding hydrogens is 318 g/mol. The van der Waals surface area contributed by atoms with Crippen LogP contribution in [-0.2, 0) is 4.79 Å². The molecule has 0 spiro atoms. The lowest BCUT2D eigenvalue weighted by molar-refractivity contribution is -0.122. The van der Waals surface area contributed by atoms with E-state index in [1.807, 2.05) is 60.3 Å². The highest BCUT2D eigenvalue weighted by Crippen LogP contribution is 2.38. The van der Waals surface area contributed by atoms with Crippen molar-refractivity contribution in [3.05, 3.63) is 54.6 Å². The van der Waals surface area contributed by atoms with Gasteiger partial charge in [0.2, 0.25) is 0 Å². The fourth-order valence-corrected chi connectivity index (χ4v) is 4.18. The number of nitrogens with one attached hydrogen (secondary N) is 1. The van der Waals surface area contributed by atoms with E-state index in [0.717, 1.165) is 10.6 Å². The Morgan fingerprint density at radius 3 is 2.50 bits per heavy atom. The number of thioether (sulfide) groups is 1. The number of ether oxygens (including phenoxy) is 1. The van der Waals surface area contributed by atoms with E-state index < -0.39 is 6.10 Å². The highest BCUT2D eigenvalue weighted by molar-refractivity contribution is 8.00. The number of benzene rings is 2. The Balaban J connectivity index is 1.63. The summed E-state index contributed by atoms with van der Waals surface area (Å²) in [5.74, 6) is 0.576. The van der Waals surface area contributed by atoms with Crippen LogP contribution in [0.5, 0.6) is 5.75 Å². The van der Waals surface area contributed by atoms with Crippen LogP contribution >= 0.6 is 11.8 Å². The first kappa shape index (κ1) is 16.9. The van der Waals surface area contributed by atoms with Crippen LogP contribution in [0.2, 0.25) is 0 Å². The van der Waals surface area contributed by atoms with Crippen LogP contribution in [0.15, 0.2) is 59.5 Å². The molecule has 1 amide bonds. The van der Waals surface area contributed by atoms with Crippen molar-refractivity contribution < 1.29 is 9.53 Å². The van der Waals surface area contributed by atoms with Gasteiger partial charge in [-0.05, 0) is 44.0 Å². The first-order valence-electron chi connectivity index (χ1n) is 8.50. The summed E-state index contributed by atoms with van der Waals surface area (Å²) in [6, 6.07) is 17.5. The predicted octanol–water partition coefficient (Wildman–Crippen LogP) is 5.13. The van der Waals surface area contributed by atoms with E-state index in [9.17, 15) is 4.79 Å². The van der Waals surface area contributed by atoms with E-state index in [2.05, 4.69) is 11.4 Å². The molecule has 2 aromatic carbocycles. The van der Waals surface area contributed by atoms with Gasteiger partial charge in [-0.25, -0.2) is 0 Å². The lowest BCUT2D eigenvalue weighted by Crippen LogP contribution is -2.30. The molecule has 1 atom stereocenters. The summed E-state index contributed by atoms with van der Waals surface area (Å²) in [6.07, 6.45) is 4.61. The molecule has 0 saturated heterocycles. The predicted molar refractivity (Wildman–Crippen MR) is 99.7 cm³/mol. The minimum Gasteiger partial charge on any atom is -0.481 e. The summed E-state index contributed by atoms with van der Waals surface area (Å²) in [6.45, 7) is 1.77. The molecule has 4 heteroatoms. The molecule has 1 N–H and O–H groups in total. The SMILES string of the molecule is CC(Oc1ccccc1)C(=O)Nc1ccccc1SC1CCCC1. The van der Waals surface area contributed by atoms with Crippen LogP contribution in [-0.4, -0.2) is 17.3 Å². The first-order valence-corrected chi connectivity index (χ1v) is 9.38. The van der Waals surface area contributed by atoms with Crippen LogP contribution in [0.4, 0.5) is 5.69 Å². The largest absolute Gasteiger partial charge is 0.481 e. The number of amides is 1. The van der Waals surface area contributed by atoms with Gasteiger partial charge >= 0.3 is 0 Å². The number of carbonyl (C=O) groups excluding carboxylic acids is 1. The summed E-state index contributed by atoms with van der Waals surface area (Å²) >= 11 is 1.88. The second kappa shape index (κ2) is 8.25. The third-order valence-electron chi connectivity index (χ3n) is 4.17. The number of para-hydroxylation sites is 2. The number of rotatable bonds is 6. The van der Waals surface area contributed by atoms with Crippen molar-refractivity contribution in [2.75, 3.05) is 5.32 Å². The second-order valence-electron chi connectivity index (χ2n) is 6.08. The molecule has 24 heavy (non-hydrogen) atoms. The third-order valence-corrected chi connectivity index (χ3v) is 5.58. The van der Waals surface area contributed by atoms with Crippen molar-refractivity contribution in [3.63, 3.8) is 0 Å². The zero-order chi connectivity index (χ0) is 16.8. The van der Waals surface area contributed by atoms with E-state index in [4.69, 9.17) is 4.74 Å². The van der Waals surface area contributed by atoms with Gasteiger partial charge < -0.3 is 10.1 Å². The van der Waals surface area contributed by atoms with Crippen LogP contribution in [0.3, 0.4) is 0 Å². The maximum Gasteiger partial charge on any atom is 0.265 e. The number of hydrogen-bond acceptors (Lipinski definition) is 3. The summed E-state index contributed by atoms with van der Waals surface area (Å²) in [7, 11) is 0. The summed E-state index contributed by atoms with van der Waals surface area (Å²) in [5, 5.41) is 3.69. The quantitative estimate of drug-likeness (QED) is 0.792. The topological polar surface area (TPSA) is 38.3 Å². The Labute approximate surface area is 147 Å². The molecule has 126 valence electrons. The number of anilines is 1. The van der Waals surface area contributed by atoms with E-state index in [1.165, 1.54) is 25.7 Å². The van der Waals surface area contributed by atoms with Crippen molar-refractivity contribution in [2.45, 2.75) is 48.9 Å². The second-order valence-corrected chi connectivity index (χ2v) is 7.43. The smallest absolute Gasteiger partial charge is 0.265 e. The maximum atomic E-state index is 12.5. The van der Waals surface area contributed by atoms with Gasteiger partial charge in [-0.15, -0.1) is 11.8 Å². The molecule has 1 unspecified atom stereocenters. The average Bonchev–Trinajstić information content (AvgIpc) is 3.10. The van der Waals surface area contributed by atoms with Crippen LogP contribution in [0.25, 0.3) is 0 Å². The summed E-state index contributed by atoms with van der Waals surface area (Å²) in [5.41, 5.74) is 0.878. The Morgan fingerprint density at radius 2 is 1.75 bits per heavy atom. The molecule has 3 nitrogen and oxygen atoms in total. The average molecular weight is 341 g/mol. The van der Waals surface area contributed by atoms with Crippen LogP contribution < -0.4 is 10.1 Å². The summed E-state index contributed by atoms with van der Waals surface area (Å²) in [4.78, 5) is 13.6. The molecule has 0 radical (unpaired) electrons. The minimum absolute atomic E-state index is 0.127.